The van der Waals surface area contributed by atoms with Crippen molar-refractivity contribution in [1.29, 1.82) is 0 Å². The quantitative estimate of drug-likeness (QED) is 0.430. The van der Waals surface area contributed by atoms with E-state index in [0.717, 1.165) is 21.6 Å². The van der Waals surface area contributed by atoms with Crippen LogP contribution in [0.1, 0.15) is 5.56 Å². The minimum atomic E-state index is -1.03. The number of rotatable bonds is 2. The van der Waals surface area contributed by atoms with E-state index in [0.29, 0.717) is 0 Å². The van der Waals surface area contributed by atoms with Crippen molar-refractivity contribution < 1.29 is 4.21 Å². The summed E-state index contributed by atoms with van der Waals surface area (Å²) in [5, 5.41) is 4.91. The van der Waals surface area contributed by atoms with E-state index in [4.69, 9.17) is 0 Å². The molecular weight excluding hydrogens is 312 g/mol. The zero-order valence-electron chi connectivity index (χ0n) is 13.7. The molecule has 0 amide bonds. The predicted molar refractivity (Wildman–Crippen MR) is 104 cm³/mol. The minimum absolute atomic E-state index is 0.899. The van der Waals surface area contributed by atoms with Gasteiger partial charge >= 0.3 is 0 Å². The number of hydrogen-bond donors (Lipinski definition) is 0. The van der Waals surface area contributed by atoms with Gasteiger partial charge in [-0.2, -0.15) is 0 Å². The van der Waals surface area contributed by atoms with Crippen LogP contribution in [0, 0.1) is 6.92 Å². The van der Waals surface area contributed by atoms with Gasteiger partial charge in [-0.05, 0) is 51.7 Å². The summed E-state index contributed by atoms with van der Waals surface area (Å²) in [6, 6.07) is 25.2. The van der Waals surface area contributed by atoms with E-state index < -0.39 is 10.8 Å². The molecule has 0 fully saturated rings. The summed E-state index contributed by atoms with van der Waals surface area (Å²) in [7, 11) is -1.03. The van der Waals surface area contributed by atoms with Crippen LogP contribution in [-0.4, -0.2) is 10.5 Å². The molecule has 0 radical (unpaired) electrons. The summed E-state index contributed by atoms with van der Waals surface area (Å²) >= 11 is 0. The van der Waals surface area contributed by atoms with E-state index in [1.165, 1.54) is 21.5 Å². The average molecular weight is 330 g/mol. The Bertz CT molecular complexity index is 1100. The van der Waals surface area contributed by atoms with Crippen molar-refractivity contribution in [3.8, 4) is 11.1 Å². The molecule has 0 saturated heterocycles. The summed E-state index contributed by atoms with van der Waals surface area (Å²) in [6.45, 7) is 2.09. The molecule has 1 nitrogen and oxygen atoms in total. The van der Waals surface area contributed by atoms with Crippen LogP contribution in [0.2, 0.25) is 0 Å². The summed E-state index contributed by atoms with van der Waals surface area (Å²) < 4.78 is 12.3. The lowest BCUT2D eigenvalue weighted by Crippen LogP contribution is -1.96. The van der Waals surface area contributed by atoms with E-state index in [-0.39, 0.29) is 0 Å². The monoisotopic (exact) mass is 330 g/mol. The van der Waals surface area contributed by atoms with Gasteiger partial charge in [0.2, 0.25) is 0 Å². The number of hydrogen-bond acceptors (Lipinski definition) is 1. The van der Waals surface area contributed by atoms with Crippen LogP contribution >= 0.6 is 0 Å². The Morgan fingerprint density at radius 2 is 1.42 bits per heavy atom. The average Bonchev–Trinajstić information content (AvgIpc) is 2.61. The van der Waals surface area contributed by atoms with Crippen LogP contribution in [-0.2, 0) is 10.8 Å². The van der Waals surface area contributed by atoms with Gasteiger partial charge in [0.15, 0.2) is 0 Å². The van der Waals surface area contributed by atoms with E-state index in [2.05, 4.69) is 67.6 Å². The molecule has 24 heavy (non-hydrogen) atoms. The molecule has 1 atom stereocenters. The maximum atomic E-state index is 12.3. The Balaban J connectivity index is 2.20. The van der Waals surface area contributed by atoms with Crippen LogP contribution in [0.3, 0.4) is 0 Å². The van der Waals surface area contributed by atoms with E-state index >= 15 is 0 Å². The van der Waals surface area contributed by atoms with Crippen molar-refractivity contribution in [3.05, 3.63) is 78.4 Å². The van der Waals surface area contributed by atoms with Crippen molar-refractivity contribution in [2.75, 3.05) is 6.26 Å². The van der Waals surface area contributed by atoms with Crippen LogP contribution in [0.5, 0.6) is 0 Å². The third kappa shape index (κ3) is 2.35. The Morgan fingerprint density at radius 3 is 2.17 bits per heavy atom. The molecular formula is C22H18OS. The van der Waals surface area contributed by atoms with Crippen LogP contribution < -0.4 is 0 Å². The van der Waals surface area contributed by atoms with Gasteiger partial charge in [0.05, 0.1) is 10.8 Å². The van der Waals surface area contributed by atoms with Crippen molar-refractivity contribution >= 4 is 32.3 Å². The topological polar surface area (TPSA) is 17.1 Å². The van der Waals surface area contributed by atoms with Gasteiger partial charge in [-0.1, -0.05) is 60.7 Å². The normalized spacial score (nSPS) is 12.6. The fourth-order valence-corrected chi connectivity index (χ4v) is 4.32. The van der Waals surface area contributed by atoms with Crippen molar-refractivity contribution in [1.82, 2.24) is 0 Å². The lowest BCUT2D eigenvalue weighted by molar-refractivity contribution is 0.687. The van der Waals surface area contributed by atoms with Gasteiger partial charge in [0.25, 0.3) is 0 Å². The van der Waals surface area contributed by atoms with Crippen molar-refractivity contribution in [2.24, 2.45) is 0 Å². The maximum absolute atomic E-state index is 12.3. The second-order valence-corrected chi connectivity index (χ2v) is 7.44. The number of benzene rings is 4. The molecule has 0 bridgehead atoms. The van der Waals surface area contributed by atoms with Crippen molar-refractivity contribution in [2.45, 2.75) is 11.8 Å². The van der Waals surface area contributed by atoms with Gasteiger partial charge in [-0.25, -0.2) is 0 Å². The Labute approximate surface area is 144 Å². The smallest absolute Gasteiger partial charge is 0.0504 e. The Kier molecular flexibility index (Phi) is 3.70. The molecule has 0 aliphatic carbocycles. The molecule has 0 spiro atoms. The molecule has 0 heterocycles. The lowest BCUT2D eigenvalue weighted by Gasteiger charge is -2.15. The summed E-state index contributed by atoms with van der Waals surface area (Å²) in [6.07, 6.45) is 1.75. The first kappa shape index (κ1) is 15.1. The zero-order chi connectivity index (χ0) is 16.7. The molecule has 0 N–H and O–H groups in total. The third-order valence-corrected chi connectivity index (χ3v) is 5.54. The van der Waals surface area contributed by atoms with Crippen LogP contribution in [0.4, 0.5) is 0 Å². The fraction of sp³-hybridized carbons (Fsp3) is 0.0909. The summed E-state index contributed by atoms with van der Waals surface area (Å²) in [5.41, 5.74) is 3.41. The highest BCUT2D eigenvalue weighted by atomic mass is 32.2. The van der Waals surface area contributed by atoms with Gasteiger partial charge in [0.1, 0.15) is 0 Å². The maximum Gasteiger partial charge on any atom is 0.0504 e. The van der Waals surface area contributed by atoms with Crippen LogP contribution in [0.25, 0.3) is 32.7 Å². The first-order valence-corrected chi connectivity index (χ1v) is 9.56. The lowest BCUT2D eigenvalue weighted by atomic mass is 9.91. The molecule has 4 rings (SSSR count). The largest absolute Gasteiger partial charge is 0.255 e. The molecule has 1 unspecified atom stereocenters. The van der Waals surface area contributed by atoms with E-state index in [1.807, 2.05) is 12.1 Å². The first-order valence-electron chi connectivity index (χ1n) is 8.01. The highest BCUT2D eigenvalue weighted by molar-refractivity contribution is 7.84. The predicted octanol–water partition coefficient (Wildman–Crippen LogP) is 5.71. The molecule has 118 valence electrons. The fourth-order valence-electron chi connectivity index (χ4n) is 3.49. The number of fused-ring (bicyclic) bond motifs is 3. The standard InChI is InChI=1S/C22H18OS/c1-15-8-7-13-21(24(2)23)22(15)20-14-16-9-3-4-10-17(16)18-11-5-6-12-19(18)20/h3-14H,1-2H3. The molecule has 4 aromatic carbocycles. The summed E-state index contributed by atoms with van der Waals surface area (Å²) in [5.74, 6) is 0. The molecule has 0 aliphatic rings. The Morgan fingerprint density at radius 1 is 0.750 bits per heavy atom. The van der Waals surface area contributed by atoms with E-state index in [1.54, 1.807) is 6.26 Å². The van der Waals surface area contributed by atoms with Crippen molar-refractivity contribution in [3.63, 3.8) is 0 Å². The second-order valence-electron chi connectivity index (χ2n) is 6.09. The highest BCUT2D eigenvalue weighted by Crippen LogP contribution is 2.38. The van der Waals surface area contributed by atoms with Crippen LogP contribution in [0.15, 0.2) is 77.7 Å². The number of aryl methyl sites for hydroxylation is 1. The first-order chi connectivity index (χ1) is 11.7. The molecule has 0 aliphatic heterocycles. The molecule has 0 aromatic heterocycles. The molecule has 2 heteroatoms. The van der Waals surface area contributed by atoms with Gasteiger partial charge in [-0.15, -0.1) is 0 Å². The second kappa shape index (κ2) is 5.88. The zero-order valence-corrected chi connectivity index (χ0v) is 14.6. The minimum Gasteiger partial charge on any atom is -0.255 e. The van der Waals surface area contributed by atoms with Gasteiger partial charge in [0, 0.05) is 16.7 Å². The highest BCUT2D eigenvalue weighted by Gasteiger charge is 2.15. The SMILES string of the molecule is Cc1cccc(S(C)=O)c1-c1cc2ccccc2c2ccccc12. The Hall–Kier alpha value is -2.45. The van der Waals surface area contributed by atoms with Gasteiger partial charge in [-0.3, -0.25) is 4.21 Å². The molecule has 0 saturated carbocycles. The molecule has 4 aromatic rings. The summed E-state index contributed by atoms with van der Waals surface area (Å²) in [4.78, 5) is 0.899. The third-order valence-electron chi connectivity index (χ3n) is 4.58. The van der Waals surface area contributed by atoms with Gasteiger partial charge < -0.3 is 0 Å². The van der Waals surface area contributed by atoms with E-state index in [9.17, 15) is 4.21 Å².